The van der Waals surface area contributed by atoms with E-state index >= 15 is 0 Å². The van der Waals surface area contributed by atoms with Gasteiger partial charge in [-0.3, -0.25) is 4.90 Å². The first kappa shape index (κ1) is 22.6. The van der Waals surface area contributed by atoms with Crippen LogP contribution < -0.4 is 4.74 Å². The molecule has 2 saturated carbocycles. The monoisotopic (exact) mass is 479 g/mol. The van der Waals surface area contributed by atoms with Gasteiger partial charge in [-0.05, 0) is 75.0 Å². The maximum Gasteiger partial charge on any atom is 0.165 e. The molecule has 1 aromatic rings. The lowest BCUT2D eigenvalue weighted by Crippen LogP contribution is -2.81. The smallest absolute Gasteiger partial charge is 0.165 e. The molecule has 5 aliphatic carbocycles. The first-order valence-corrected chi connectivity index (χ1v) is 13.8. The van der Waals surface area contributed by atoms with Gasteiger partial charge in [-0.2, -0.15) is 0 Å². The largest absolute Gasteiger partial charge is 0.504 e. The molecule has 2 aliphatic heterocycles. The van der Waals surface area contributed by atoms with E-state index in [9.17, 15) is 10.2 Å². The van der Waals surface area contributed by atoms with E-state index in [0.29, 0.717) is 11.8 Å². The minimum atomic E-state index is -0.951. The van der Waals surface area contributed by atoms with Crippen molar-refractivity contribution in [3.8, 4) is 11.5 Å². The number of aromatic hydroxyl groups is 1. The van der Waals surface area contributed by atoms with Gasteiger partial charge < -0.3 is 19.7 Å². The van der Waals surface area contributed by atoms with Crippen molar-refractivity contribution in [2.45, 2.75) is 95.0 Å². The van der Waals surface area contributed by atoms with Gasteiger partial charge in [0.25, 0.3) is 0 Å². The van der Waals surface area contributed by atoms with Crippen LogP contribution in [0.3, 0.4) is 0 Å². The number of methoxy groups -OCH3 is 1. The molecule has 5 heteroatoms. The SMILES string of the molecule is CCC(C)(C)[C@@](C)(O)[C@H]1C[C@@]23C=C[C@@]1(OC)[C@@H]1Oc4c(O)ccc5c4[C@@]12CCN(CC1CC1)[C@@H]3C5. The van der Waals surface area contributed by atoms with Crippen LogP contribution in [-0.4, -0.2) is 58.7 Å². The summed E-state index contributed by atoms with van der Waals surface area (Å²) in [4.78, 5) is 2.78. The summed E-state index contributed by atoms with van der Waals surface area (Å²) >= 11 is 0. The molecule has 0 radical (unpaired) electrons. The molecule has 4 bridgehead atoms. The summed E-state index contributed by atoms with van der Waals surface area (Å²) in [6, 6.07) is 4.34. The summed E-state index contributed by atoms with van der Waals surface area (Å²) in [5, 5.41) is 23.3. The van der Waals surface area contributed by atoms with E-state index in [-0.39, 0.29) is 34.0 Å². The molecule has 8 rings (SSSR count). The molecule has 5 nitrogen and oxygen atoms in total. The fourth-order valence-corrected chi connectivity index (χ4v) is 9.25. The fraction of sp³-hybridized carbons (Fsp3) is 0.733. The van der Waals surface area contributed by atoms with Crippen LogP contribution in [0.5, 0.6) is 11.5 Å². The van der Waals surface area contributed by atoms with Crippen LogP contribution >= 0.6 is 0 Å². The third kappa shape index (κ3) is 2.38. The zero-order valence-electron chi connectivity index (χ0n) is 21.9. The van der Waals surface area contributed by atoms with Crippen molar-refractivity contribution < 1.29 is 19.7 Å². The average Bonchev–Trinajstić information content (AvgIpc) is 3.58. The first-order valence-electron chi connectivity index (χ1n) is 13.8. The highest BCUT2D eigenvalue weighted by Gasteiger charge is 2.81. The summed E-state index contributed by atoms with van der Waals surface area (Å²) in [5.74, 6) is 1.63. The normalized spacial score (nSPS) is 42.5. The second-order valence-corrected chi connectivity index (χ2v) is 13.4. The van der Waals surface area contributed by atoms with Gasteiger partial charge in [0.05, 0.1) is 11.0 Å². The number of fused-ring (bicyclic) bond motifs is 1. The Kier molecular flexibility index (Phi) is 4.30. The molecule has 2 N–H and O–H groups in total. The molecule has 35 heavy (non-hydrogen) atoms. The van der Waals surface area contributed by atoms with Crippen LogP contribution in [0, 0.1) is 22.7 Å². The molecule has 1 aromatic carbocycles. The van der Waals surface area contributed by atoms with Crippen LogP contribution in [0.2, 0.25) is 0 Å². The van der Waals surface area contributed by atoms with E-state index in [1.54, 1.807) is 7.11 Å². The fourth-order valence-electron chi connectivity index (χ4n) is 9.25. The van der Waals surface area contributed by atoms with E-state index in [1.165, 1.54) is 30.5 Å². The van der Waals surface area contributed by atoms with Gasteiger partial charge in [0.2, 0.25) is 0 Å². The van der Waals surface area contributed by atoms with Crippen LogP contribution in [0.4, 0.5) is 0 Å². The molecule has 0 amide bonds. The molecule has 1 saturated heterocycles. The Morgan fingerprint density at radius 2 is 1.97 bits per heavy atom. The van der Waals surface area contributed by atoms with Gasteiger partial charge in [-0.25, -0.2) is 0 Å². The lowest BCUT2D eigenvalue weighted by molar-refractivity contribution is -0.264. The minimum absolute atomic E-state index is 0.112. The molecule has 7 aliphatic rings. The third-order valence-corrected chi connectivity index (χ3v) is 12.0. The van der Waals surface area contributed by atoms with Crippen molar-refractivity contribution in [1.29, 1.82) is 0 Å². The van der Waals surface area contributed by atoms with Gasteiger partial charge >= 0.3 is 0 Å². The van der Waals surface area contributed by atoms with E-state index in [2.05, 4.69) is 43.9 Å². The number of piperidine rings is 1. The van der Waals surface area contributed by atoms with E-state index < -0.39 is 11.2 Å². The summed E-state index contributed by atoms with van der Waals surface area (Å²) < 4.78 is 13.4. The van der Waals surface area contributed by atoms with Crippen LogP contribution in [0.15, 0.2) is 24.3 Å². The second kappa shape index (κ2) is 6.65. The van der Waals surface area contributed by atoms with Crippen LogP contribution in [0.25, 0.3) is 0 Å². The van der Waals surface area contributed by atoms with Gasteiger partial charge in [-0.1, -0.05) is 39.0 Å². The van der Waals surface area contributed by atoms with Gasteiger partial charge in [0.1, 0.15) is 11.7 Å². The van der Waals surface area contributed by atoms with E-state index in [0.717, 1.165) is 38.1 Å². The predicted molar refractivity (Wildman–Crippen MR) is 135 cm³/mol. The number of aliphatic hydroxyl groups is 1. The van der Waals surface area contributed by atoms with Crippen molar-refractivity contribution in [3.05, 3.63) is 35.4 Å². The Labute approximate surface area is 209 Å². The molecule has 0 aromatic heterocycles. The Hall–Kier alpha value is -1.56. The highest BCUT2D eigenvalue weighted by Crippen LogP contribution is 2.76. The van der Waals surface area contributed by atoms with E-state index in [4.69, 9.17) is 9.47 Å². The number of hydrogen-bond donors (Lipinski definition) is 2. The van der Waals surface area contributed by atoms with E-state index in [1.807, 2.05) is 13.0 Å². The third-order valence-electron chi connectivity index (χ3n) is 12.0. The van der Waals surface area contributed by atoms with Crippen LogP contribution in [-0.2, 0) is 16.6 Å². The summed E-state index contributed by atoms with van der Waals surface area (Å²) in [6.07, 6.45) is 10.9. The maximum absolute atomic E-state index is 12.4. The van der Waals surface area contributed by atoms with Gasteiger partial charge in [0, 0.05) is 36.6 Å². The molecule has 3 fully saturated rings. The topological polar surface area (TPSA) is 62.2 Å². The van der Waals surface area contributed by atoms with Crippen molar-refractivity contribution in [3.63, 3.8) is 0 Å². The maximum atomic E-state index is 12.4. The molecule has 190 valence electrons. The summed E-state index contributed by atoms with van der Waals surface area (Å²) in [5.41, 5.74) is 0.218. The van der Waals surface area contributed by atoms with Gasteiger partial charge in [-0.15, -0.1) is 0 Å². The number of nitrogens with zero attached hydrogens (tertiary/aromatic N) is 1. The Bertz CT molecular complexity index is 1120. The molecule has 7 atom stereocenters. The number of rotatable bonds is 6. The lowest BCUT2D eigenvalue weighted by atomic mass is 9.35. The van der Waals surface area contributed by atoms with Crippen molar-refractivity contribution >= 4 is 0 Å². The quantitative estimate of drug-likeness (QED) is 0.585. The number of phenolic OH excluding ortho intramolecular Hbond substituents is 1. The number of benzene rings is 1. The average molecular weight is 480 g/mol. The van der Waals surface area contributed by atoms with Crippen LogP contribution in [0.1, 0.15) is 70.9 Å². The number of likely N-dealkylation sites (tertiary alicyclic amines) is 1. The Morgan fingerprint density at radius 1 is 1.20 bits per heavy atom. The van der Waals surface area contributed by atoms with Crippen molar-refractivity contribution in [1.82, 2.24) is 4.90 Å². The molecule has 2 spiro atoms. The lowest BCUT2D eigenvalue weighted by Gasteiger charge is -2.73. The number of hydrogen-bond acceptors (Lipinski definition) is 5. The predicted octanol–water partition coefficient (Wildman–Crippen LogP) is 4.58. The molecular weight excluding hydrogens is 438 g/mol. The zero-order valence-corrected chi connectivity index (χ0v) is 21.9. The highest BCUT2D eigenvalue weighted by atomic mass is 16.6. The standard InChI is InChI=1S/C30H41NO4/c1-6-26(2,3)27(4,33)21-16-28-11-12-30(21,34-5)25-29(28)13-14-31(17-18-7-8-18)22(28)15-19-9-10-20(32)24(35-25)23(19)29/h9-12,18,21-22,25,32-33H,6-8,13-17H2,1-5H3/t21-,22-,25-,27+,28-,29+,30+/m1/s1. The number of ether oxygens (including phenoxy) is 2. The van der Waals surface area contributed by atoms with Crippen molar-refractivity contribution in [2.75, 3.05) is 20.2 Å². The Morgan fingerprint density at radius 3 is 2.66 bits per heavy atom. The number of phenols is 1. The molecular formula is C30H41NO4. The summed E-state index contributed by atoms with van der Waals surface area (Å²) in [6.45, 7) is 10.8. The second-order valence-electron chi connectivity index (χ2n) is 13.4. The zero-order chi connectivity index (χ0) is 24.6. The molecule has 0 unspecified atom stereocenters. The van der Waals surface area contributed by atoms with Crippen molar-refractivity contribution in [2.24, 2.45) is 22.7 Å². The minimum Gasteiger partial charge on any atom is -0.504 e. The first-order chi connectivity index (χ1) is 16.6. The highest BCUT2D eigenvalue weighted by molar-refractivity contribution is 5.65. The summed E-state index contributed by atoms with van der Waals surface area (Å²) in [7, 11) is 1.79. The van der Waals surface area contributed by atoms with Gasteiger partial charge in [0.15, 0.2) is 11.5 Å². The molecule has 2 heterocycles. The Balaban J connectivity index is 1.48.